The van der Waals surface area contributed by atoms with Crippen LogP contribution >= 0.6 is 15.9 Å². The number of aryl methyl sites for hydroxylation is 1. The van der Waals surface area contributed by atoms with Crippen molar-refractivity contribution in [3.63, 3.8) is 0 Å². The molecule has 0 radical (unpaired) electrons. The zero-order valence-electron chi connectivity index (χ0n) is 10.7. The third kappa shape index (κ3) is 3.01. The van der Waals surface area contributed by atoms with E-state index in [1.807, 2.05) is 32.3 Å². The van der Waals surface area contributed by atoms with Crippen LogP contribution in [0.3, 0.4) is 0 Å². The Morgan fingerprint density at radius 2 is 1.94 bits per heavy atom. The van der Waals surface area contributed by atoms with Crippen molar-refractivity contribution in [1.29, 1.82) is 0 Å². The molecule has 0 aliphatic heterocycles. The SMILES string of the molecule is Cc1ccc(Nc2cccc(Br)n2)cc1N(C)C. The summed E-state index contributed by atoms with van der Waals surface area (Å²) in [5.41, 5.74) is 3.50. The molecule has 0 aliphatic carbocycles. The first-order valence-corrected chi connectivity index (χ1v) is 6.53. The molecule has 0 aliphatic rings. The number of rotatable bonds is 3. The number of hydrogen-bond acceptors (Lipinski definition) is 3. The lowest BCUT2D eigenvalue weighted by Gasteiger charge is -2.17. The minimum atomic E-state index is 0.826. The van der Waals surface area contributed by atoms with E-state index in [9.17, 15) is 0 Å². The first-order chi connectivity index (χ1) is 8.56. The number of nitrogens with one attached hydrogen (secondary N) is 1. The van der Waals surface area contributed by atoms with Crippen molar-refractivity contribution < 1.29 is 0 Å². The number of nitrogens with zero attached hydrogens (tertiary/aromatic N) is 2. The molecule has 0 amide bonds. The van der Waals surface area contributed by atoms with E-state index in [2.05, 4.69) is 56.3 Å². The summed E-state index contributed by atoms with van der Waals surface area (Å²) >= 11 is 3.37. The first kappa shape index (κ1) is 12.9. The lowest BCUT2D eigenvalue weighted by atomic mass is 10.1. The van der Waals surface area contributed by atoms with Crippen molar-refractivity contribution in [2.45, 2.75) is 6.92 Å². The van der Waals surface area contributed by atoms with Crippen LogP contribution in [0.1, 0.15) is 5.56 Å². The maximum absolute atomic E-state index is 4.36. The van der Waals surface area contributed by atoms with Gasteiger partial charge in [-0.1, -0.05) is 12.1 Å². The fourth-order valence-electron chi connectivity index (χ4n) is 1.79. The van der Waals surface area contributed by atoms with Gasteiger partial charge in [-0.15, -0.1) is 0 Å². The highest BCUT2D eigenvalue weighted by Crippen LogP contribution is 2.24. The van der Waals surface area contributed by atoms with Crippen LogP contribution in [0.5, 0.6) is 0 Å². The molecule has 0 saturated heterocycles. The van der Waals surface area contributed by atoms with E-state index in [0.717, 1.165) is 16.1 Å². The summed E-state index contributed by atoms with van der Waals surface area (Å²) in [7, 11) is 4.09. The molecule has 2 aromatic rings. The second kappa shape index (κ2) is 5.40. The van der Waals surface area contributed by atoms with Gasteiger partial charge in [-0.2, -0.15) is 0 Å². The van der Waals surface area contributed by atoms with Crippen molar-refractivity contribution in [2.24, 2.45) is 0 Å². The number of aromatic nitrogens is 1. The smallest absolute Gasteiger partial charge is 0.131 e. The molecular formula is C14H16BrN3. The van der Waals surface area contributed by atoms with Gasteiger partial charge in [0.15, 0.2) is 0 Å². The van der Waals surface area contributed by atoms with Gasteiger partial charge in [-0.25, -0.2) is 4.98 Å². The molecule has 0 saturated carbocycles. The zero-order valence-corrected chi connectivity index (χ0v) is 12.3. The molecular weight excluding hydrogens is 290 g/mol. The second-order valence-electron chi connectivity index (χ2n) is 4.37. The predicted molar refractivity (Wildman–Crippen MR) is 80.7 cm³/mol. The third-order valence-electron chi connectivity index (χ3n) is 2.68. The van der Waals surface area contributed by atoms with Crippen LogP contribution in [0.4, 0.5) is 17.2 Å². The summed E-state index contributed by atoms with van der Waals surface area (Å²) in [6, 6.07) is 12.1. The normalized spacial score (nSPS) is 10.2. The largest absolute Gasteiger partial charge is 0.377 e. The standard InChI is InChI=1S/C14H16BrN3/c1-10-7-8-11(9-12(10)18(2)3)16-14-6-4-5-13(15)17-14/h4-9H,1-3H3,(H,16,17). The topological polar surface area (TPSA) is 28.2 Å². The van der Waals surface area contributed by atoms with Gasteiger partial charge in [0.2, 0.25) is 0 Å². The Hall–Kier alpha value is -1.55. The predicted octanol–water partition coefficient (Wildman–Crippen LogP) is 3.96. The molecule has 0 fully saturated rings. The van der Waals surface area contributed by atoms with Gasteiger partial charge in [0.05, 0.1) is 0 Å². The molecule has 1 aromatic carbocycles. The quantitative estimate of drug-likeness (QED) is 0.870. The summed E-state index contributed by atoms with van der Waals surface area (Å²) in [5, 5.41) is 3.30. The Morgan fingerprint density at radius 3 is 2.61 bits per heavy atom. The van der Waals surface area contributed by atoms with E-state index >= 15 is 0 Å². The van der Waals surface area contributed by atoms with Gasteiger partial charge in [0.25, 0.3) is 0 Å². The van der Waals surface area contributed by atoms with Crippen LogP contribution in [-0.2, 0) is 0 Å². The molecule has 4 heteroatoms. The molecule has 1 heterocycles. The van der Waals surface area contributed by atoms with Crippen molar-refractivity contribution in [3.8, 4) is 0 Å². The van der Waals surface area contributed by atoms with Crippen LogP contribution in [0.25, 0.3) is 0 Å². The highest BCUT2D eigenvalue weighted by molar-refractivity contribution is 9.10. The highest BCUT2D eigenvalue weighted by Gasteiger charge is 2.03. The Morgan fingerprint density at radius 1 is 1.17 bits per heavy atom. The van der Waals surface area contributed by atoms with Crippen molar-refractivity contribution in [1.82, 2.24) is 4.98 Å². The number of halogens is 1. The fraction of sp³-hybridized carbons (Fsp3) is 0.214. The number of anilines is 3. The average molecular weight is 306 g/mol. The van der Waals surface area contributed by atoms with Gasteiger partial charge >= 0.3 is 0 Å². The second-order valence-corrected chi connectivity index (χ2v) is 5.18. The lowest BCUT2D eigenvalue weighted by molar-refractivity contribution is 1.11. The summed E-state index contributed by atoms with van der Waals surface area (Å²) in [4.78, 5) is 6.46. The molecule has 0 unspecified atom stereocenters. The highest BCUT2D eigenvalue weighted by atomic mass is 79.9. The molecule has 18 heavy (non-hydrogen) atoms. The fourth-order valence-corrected chi connectivity index (χ4v) is 2.14. The van der Waals surface area contributed by atoms with Gasteiger partial charge in [-0.05, 0) is 52.7 Å². The Labute approximate surface area is 116 Å². The Kier molecular flexibility index (Phi) is 3.87. The number of hydrogen-bond donors (Lipinski definition) is 1. The molecule has 2 rings (SSSR count). The van der Waals surface area contributed by atoms with Crippen LogP contribution in [0.2, 0.25) is 0 Å². The molecule has 0 spiro atoms. The molecule has 1 aromatic heterocycles. The minimum absolute atomic E-state index is 0.826. The summed E-state index contributed by atoms with van der Waals surface area (Å²) in [6.45, 7) is 2.11. The molecule has 0 atom stereocenters. The van der Waals surface area contributed by atoms with Crippen LogP contribution < -0.4 is 10.2 Å². The summed E-state index contributed by atoms with van der Waals surface area (Å²) in [5.74, 6) is 0.831. The van der Waals surface area contributed by atoms with Gasteiger partial charge in [0.1, 0.15) is 10.4 Å². The van der Waals surface area contributed by atoms with Crippen LogP contribution in [0, 0.1) is 6.92 Å². The monoisotopic (exact) mass is 305 g/mol. The molecule has 94 valence electrons. The maximum Gasteiger partial charge on any atom is 0.131 e. The zero-order chi connectivity index (χ0) is 13.1. The van der Waals surface area contributed by atoms with Crippen LogP contribution in [-0.4, -0.2) is 19.1 Å². The van der Waals surface area contributed by atoms with E-state index in [1.54, 1.807) is 0 Å². The maximum atomic E-state index is 4.36. The molecule has 0 bridgehead atoms. The molecule has 3 nitrogen and oxygen atoms in total. The minimum Gasteiger partial charge on any atom is -0.377 e. The van der Waals surface area contributed by atoms with Crippen molar-refractivity contribution in [3.05, 3.63) is 46.6 Å². The van der Waals surface area contributed by atoms with Gasteiger partial charge in [0, 0.05) is 25.5 Å². The van der Waals surface area contributed by atoms with Crippen molar-refractivity contribution in [2.75, 3.05) is 24.3 Å². The van der Waals surface area contributed by atoms with E-state index in [0.29, 0.717) is 0 Å². The Balaban J connectivity index is 2.27. The summed E-state index contributed by atoms with van der Waals surface area (Å²) < 4.78 is 0.826. The van der Waals surface area contributed by atoms with Gasteiger partial charge < -0.3 is 10.2 Å². The average Bonchev–Trinajstić information content (AvgIpc) is 2.31. The van der Waals surface area contributed by atoms with E-state index in [-0.39, 0.29) is 0 Å². The third-order valence-corrected chi connectivity index (χ3v) is 3.12. The van der Waals surface area contributed by atoms with E-state index < -0.39 is 0 Å². The van der Waals surface area contributed by atoms with Gasteiger partial charge in [-0.3, -0.25) is 0 Å². The van der Waals surface area contributed by atoms with Crippen LogP contribution in [0.15, 0.2) is 41.0 Å². The Bertz CT molecular complexity index is 552. The number of pyridine rings is 1. The lowest BCUT2D eigenvalue weighted by Crippen LogP contribution is -2.10. The van der Waals surface area contributed by atoms with E-state index in [4.69, 9.17) is 0 Å². The van der Waals surface area contributed by atoms with Crippen molar-refractivity contribution >= 4 is 33.1 Å². The molecule has 1 N–H and O–H groups in total. The number of benzene rings is 1. The first-order valence-electron chi connectivity index (χ1n) is 5.74. The summed E-state index contributed by atoms with van der Waals surface area (Å²) in [6.07, 6.45) is 0. The van der Waals surface area contributed by atoms with E-state index in [1.165, 1.54) is 11.3 Å².